The first-order valence-electron chi connectivity index (χ1n) is 7.67. The van der Waals surface area contributed by atoms with Crippen LogP contribution in [0.2, 0.25) is 0 Å². The van der Waals surface area contributed by atoms with Gasteiger partial charge in [0.25, 0.3) is 0 Å². The third-order valence-electron chi connectivity index (χ3n) is 4.10. The molecule has 2 heterocycles. The Kier molecular flexibility index (Phi) is 3.71. The van der Waals surface area contributed by atoms with E-state index in [-0.39, 0.29) is 17.6 Å². The predicted molar refractivity (Wildman–Crippen MR) is 97.6 cm³/mol. The second-order valence-corrected chi connectivity index (χ2v) is 6.66. The summed E-state index contributed by atoms with van der Waals surface area (Å²) < 4.78 is 5.79. The summed E-state index contributed by atoms with van der Waals surface area (Å²) in [6.45, 7) is 0. The number of allylic oxidation sites excluding steroid dienone is 1. The van der Waals surface area contributed by atoms with Crippen molar-refractivity contribution in [1.29, 1.82) is 5.26 Å². The van der Waals surface area contributed by atoms with Gasteiger partial charge in [-0.1, -0.05) is 48.2 Å². The van der Waals surface area contributed by atoms with Crippen LogP contribution in [-0.4, -0.2) is 5.04 Å². The molecule has 0 aromatic heterocycles. The number of aliphatic imine (C=N–C) groups is 1. The molecule has 5 nitrogen and oxygen atoms in total. The number of fused-ring (bicyclic) bond motifs is 3. The molecule has 0 spiro atoms. The molecule has 4 rings (SSSR count). The Balaban J connectivity index is 1.88. The van der Waals surface area contributed by atoms with E-state index in [1.165, 1.54) is 11.8 Å². The SMILES string of the molecule is N#CC1=C(N)N=C(Sc2ccccc2)C2=C(N)Oc3ccccc3[C@H]12. The maximum absolute atomic E-state index is 9.62. The molecule has 2 aliphatic rings. The minimum absolute atomic E-state index is 0.221. The van der Waals surface area contributed by atoms with Crippen LogP contribution < -0.4 is 16.2 Å². The monoisotopic (exact) mass is 346 g/mol. The molecule has 0 fully saturated rings. The first kappa shape index (κ1) is 15.4. The van der Waals surface area contributed by atoms with Gasteiger partial charge in [0.15, 0.2) is 5.88 Å². The maximum atomic E-state index is 9.62. The van der Waals surface area contributed by atoms with Crippen molar-refractivity contribution >= 4 is 16.8 Å². The van der Waals surface area contributed by atoms with Crippen LogP contribution in [0, 0.1) is 11.3 Å². The normalized spacial score (nSPS) is 18.7. The fourth-order valence-corrected chi connectivity index (χ4v) is 3.98. The molecule has 25 heavy (non-hydrogen) atoms. The zero-order valence-electron chi connectivity index (χ0n) is 13.1. The van der Waals surface area contributed by atoms with Crippen molar-refractivity contribution in [3.63, 3.8) is 0 Å². The molecule has 0 aliphatic carbocycles. The van der Waals surface area contributed by atoms with Gasteiger partial charge < -0.3 is 16.2 Å². The number of ether oxygens (including phenoxy) is 1. The molecular weight excluding hydrogens is 332 g/mol. The number of hydrogen-bond donors (Lipinski definition) is 2. The molecule has 2 aromatic rings. The topological polar surface area (TPSA) is 97.4 Å². The summed E-state index contributed by atoms with van der Waals surface area (Å²) >= 11 is 1.45. The number of nitrogens with two attached hydrogens (primary N) is 2. The van der Waals surface area contributed by atoms with E-state index in [4.69, 9.17) is 16.2 Å². The summed E-state index contributed by atoms with van der Waals surface area (Å²) in [6, 6.07) is 19.5. The van der Waals surface area contributed by atoms with Crippen molar-refractivity contribution in [3.05, 3.63) is 83.0 Å². The first-order chi connectivity index (χ1) is 12.2. The van der Waals surface area contributed by atoms with E-state index in [0.717, 1.165) is 10.5 Å². The van der Waals surface area contributed by atoms with Crippen LogP contribution in [0.4, 0.5) is 0 Å². The zero-order chi connectivity index (χ0) is 17.4. The largest absolute Gasteiger partial charge is 0.441 e. The molecule has 1 atom stereocenters. The van der Waals surface area contributed by atoms with Gasteiger partial charge >= 0.3 is 0 Å². The van der Waals surface area contributed by atoms with Crippen LogP contribution in [0.1, 0.15) is 11.5 Å². The molecule has 0 radical (unpaired) electrons. The second kappa shape index (κ2) is 6.04. The third-order valence-corrected chi connectivity index (χ3v) is 5.11. The van der Waals surface area contributed by atoms with Gasteiger partial charge in [0.05, 0.1) is 23.1 Å². The van der Waals surface area contributed by atoms with E-state index in [0.29, 0.717) is 21.9 Å². The van der Waals surface area contributed by atoms with Crippen molar-refractivity contribution in [1.82, 2.24) is 0 Å². The number of rotatable bonds is 1. The van der Waals surface area contributed by atoms with Crippen molar-refractivity contribution in [3.8, 4) is 11.8 Å². The van der Waals surface area contributed by atoms with Crippen LogP contribution >= 0.6 is 11.8 Å². The number of para-hydroxylation sites is 1. The molecule has 0 unspecified atom stereocenters. The second-order valence-electron chi connectivity index (χ2n) is 5.59. The van der Waals surface area contributed by atoms with Gasteiger partial charge in [-0.25, -0.2) is 4.99 Å². The van der Waals surface area contributed by atoms with E-state index in [1.54, 1.807) is 0 Å². The Morgan fingerprint density at radius 3 is 2.52 bits per heavy atom. The van der Waals surface area contributed by atoms with Crippen LogP contribution in [0.25, 0.3) is 0 Å². The predicted octanol–water partition coefficient (Wildman–Crippen LogP) is 3.23. The van der Waals surface area contributed by atoms with Crippen molar-refractivity contribution in [2.24, 2.45) is 16.5 Å². The Hall–Kier alpha value is -3.17. The highest BCUT2D eigenvalue weighted by molar-refractivity contribution is 8.14. The van der Waals surface area contributed by atoms with Crippen molar-refractivity contribution < 1.29 is 4.74 Å². The fraction of sp³-hybridized carbons (Fsp3) is 0.0526. The summed E-state index contributed by atoms with van der Waals surface area (Å²) in [6.07, 6.45) is 0. The van der Waals surface area contributed by atoms with E-state index >= 15 is 0 Å². The molecule has 6 heteroatoms. The van der Waals surface area contributed by atoms with Crippen LogP contribution in [-0.2, 0) is 0 Å². The lowest BCUT2D eigenvalue weighted by Gasteiger charge is -2.31. The number of benzene rings is 2. The third kappa shape index (κ3) is 2.55. The van der Waals surface area contributed by atoms with Gasteiger partial charge in [0.1, 0.15) is 16.6 Å². The highest BCUT2D eigenvalue weighted by atomic mass is 32.2. The van der Waals surface area contributed by atoms with E-state index in [2.05, 4.69) is 11.1 Å². The number of thioether (sulfide) groups is 1. The molecule has 0 saturated heterocycles. The standard InChI is InChI=1S/C19H14N4OS/c20-10-13-15-12-8-4-5-9-14(12)24-18(22)16(15)19(23-17(13)21)25-11-6-2-1-3-7-11/h1-9,15H,21-22H2/t15-/m1/s1. The van der Waals surface area contributed by atoms with E-state index in [9.17, 15) is 5.26 Å². The lowest BCUT2D eigenvalue weighted by molar-refractivity contribution is 0.394. The molecule has 2 aliphatic heterocycles. The number of nitriles is 1. The average molecular weight is 346 g/mol. The lowest BCUT2D eigenvalue weighted by atomic mass is 9.82. The highest BCUT2D eigenvalue weighted by Gasteiger charge is 2.38. The average Bonchev–Trinajstić information content (AvgIpc) is 2.62. The Labute approximate surface area is 149 Å². The molecule has 2 aromatic carbocycles. The molecule has 122 valence electrons. The van der Waals surface area contributed by atoms with Gasteiger partial charge in [-0.05, 0) is 18.2 Å². The van der Waals surface area contributed by atoms with Gasteiger partial charge in [-0.2, -0.15) is 5.26 Å². The van der Waals surface area contributed by atoms with E-state index in [1.807, 2.05) is 54.6 Å². The Morgan fingerprint density at radius 2 is 1.76 bits per heavy atom. The molecule has 0 saturated carbocycles. The number of nitrogens with zero attached hydrogens (tertiary/aromatic N) is 2. The quantitative estimate of drug-likeness (QED) is 0.826. The van der Waals surface area contributed by atoms with Crippen molar-refractivity contribution in [2.45, 2.75) is 10.8 Å². The summed E-state index contributed by atoms with van der Waals surface area (Å²) in [7, 11) is 0. The van der Waals surface area contributed by atoms with Gasteiger partial charge in [-0.3, -0.25) is 0 Å². The Morgan fingerprint density at radius 1 is 1.04 bits per heavy atom. The minimum Gasteiger partial charge on any atom is -0.441 e. The van der Waals surface area contributed by atoms with Crippen LogP contribution in [0.5, 0.6) is 5.75 Å². The highest BCUT2D eigenvalue weighted by Crippen LogP contribution is 2.47. The van der Waals surface area contributed by atoms with Crippen LogP contribution in [0.15, 0.2) is 87.3 Å². The molecule has 0 amide bonds. The summed E-state index contributed by atoms with van der Waals surface area (Å²) in [5, 5.41) is 10.3. The lowest BCUT2D eigenvalue weighted by Crippen LogP contribution is -2.29. The fourth-order valence-electron chi connectivity index (χ4n) is 2.99. The molecule has 4 N–H and O–H groups in total. The van der Waals surface area contributed by atoms with E-state index < -0.39 is 0 Å². The smallest absolute Gasteiger partial charge is 0.197 e. The number of hydrogen-bond acceptors (Lipinski definition) is 6. The molecular formula is C19H14N4OS. The summed E-state index contributed by atoms with van der Waals surface area (Å²) in [5.41, 5.74) is 14.3. The van der Waals surface area contributed by atoms with Gasteiger partial charge in [0.2, 0.25) is 0 Å². The first-order valence-corrected chi connectivity index (χ1v) is 8.49. The van der Waals surface area contributed by atoms with Crippen LogP contribution in [0.3, 0.4) is 0 Å². The van der Waals surface area contributed by atoms with Gasteiger partial charge in [0, 0.05) is 10.5 Å². The maximum Gasteiger partial charge on any atom is 0.197 e. The Bertz CT molecular complexity index is 986. The summed E-state index contributed by atoms with van der Waals surface area (Å²) in [5.74, 6) is 0.754. The summed E-state index contributed by atoms with van der Waals surface area (Å²) in [4.78, 5) is 5.44. The van der Waals surface area contributed by atoms with Crippen molar-refractivity contribution in [2.75, 3.05) is 0 Å². The zero-order valence-corrected chi connectivity index (χ0v) is 14.0. The molecule has 0 bridgehead atoms. The van der Waals surface area contributed by atoms with Gasteiger partial charge in [-0.15, -0.1) is 0 Å². The minimum atomic E-state index is -0.362.